The number of carbonyl (C=O) groups is 2. The summed E-state index contributed by atoms with van der Waals surface area (Å²) in [7, 11) is 0. The molecule has 0 bridgehead atoms. The summed E-state index contributed by atoms with van der Waals surface area (Å²) in [6.45, 7) is 1.76. The number of nitrogens with one attached hydrogen (secondary N) is 3. The van der Waals surface area contributed by atoms with E-state index in [4.69, 9.17) is 4.74 Å². The van der Waals surface area contributed by atoms with E-state index in [9.17, 15) is 9.59 Å². The molecule has 0 unspecified atom stereocenters. The van der Waals surface area contributed by atoms with E-state index in [2.05, 4.69) is 16.0 Å². The van der Waals surface area contributed by atoms with Crippen LogP contribution in [-0.4, -0.2) is 31.0 Å². The van der Waals surface area contributed by atoms with Gasteiger partial charge in [0.15, 0.2) is 6.61 Å². The van der Waals surface area contributed by atoms with Crippen molar-refractivity contribution in [2.45, 2.75) is 31.8 Å². The summed E-state index contributed by atoms with van der Waals surface area (Å²) >= 11 is 0. The van der Waals surface area contributed by atoms with Gasteiger partial charge in [-0.15, -0.1) is 0 Å². The van der Waals surface area contributed by atoms with E-state index in [-0.39, 0.29) is 18.4 Å². The van der Waals surface area contributed by atoms with Gasteiger partial charge in [-0.05, 0) is 67.3 Å². The molecule has 1 heterocycles. The lowest BCUT2D eigenvalue weighted by Crippen LogP contribution is -2.25. The Morgan fingerprint density at radius 1 is 1.11 bits per heavy atom. The van der Waals surface area contributed by atoms with Crippen molar-refractivity contribution in [2.75, 3.05) is 18.5 Å². The Kier molecular flexibility index (Phi) is 5.07. The van der Waals surface area contributed by atoms with Gasteiger partial charge in [-0.3, -0.25) is 9.59 Å². The summed E-state index contributed by atoms with van der Waals surface area (Å²) < 4.78 is 5.63. The zero-order valence-corrected chi connectivity index (χ0v) is 15.1. The smallest absolute Gasteiger partial charge is 0.262 e. The van der Waals surface area contributed by atoms with Crippen LogP contribution in [0, 0.1) is 0 Å². The van der Waals surface area contributed by atoms with Gasteiger partial charge in [0.1, 0.15) is 5.75 Å². The van der Waals surface area contributed by atoms with Crippen LogP contribution in [0.15, 0.2) is 42.5 Å². The molecule has 4 rings (SSSR count). The first-order valence-corrected chi connectivity index (χ1v) is 9.33. The van der Waals surface area contributed by atoms with Crippen molar-refractivity contribution in [3.05, 3.63) is 59.2 Å². The lowest BCUT2D eigenvalue weighted by Gasteiger charge is -2.18. The average Bonchev–Trinajstić information content (AvgIpc) is 3.50. The van der Waals surface area contributed by atoms with E-state index in [0.29, 0.717) is 23.0 Å². The second-order valence-corrected chi connectivity index (χ2v) is 7.02. The van der Waals surface area contributed by atoms with Crippen LogP contribution < -0.4 is 20.7 Å². The van der Waals surface area contributed by atoms with Gasteiger partial charge < -0.3 is 20.7 Å². The van der Waals surface area contributed by atoms with Crippen LogP contribution in [0.3, 0.4) is 0 Å². The first-order valence-electron chi connectivity index (χ1n) is 9.33. The van der Waals surface area contributed by atoms with Crippen molar-refractivity contribution in [3.8, 4) is 5.75 Å². The number of amides is 2. The molecule has 140 valence electrons. The quantitative estimate of drug-likeness (QED) is 0.734. The highest BCUT2D eigenvalue weighted by Gasteiger charge is 2.23. The molecule has 0 saturated heterocycles. The van der Waals surface area contributed by atoms with Gasteiger partial charge in [-0.1, -0.05) is 12.1 Å². The average molecular weight is 365 g/mol. The summed E-state index contributed by atoms with van der Waals surface area (Å²) in [5.41, 5.74) is 3.67. The second-order valence-electron chi connectivity index (χ2n) is 7.02. The van der Waals surface area contributed by atoms with Crippen molar-refractivity contribution in [1.29, 1.82) is 0 Å². The summed E-state index contributed by atoms with van der Waals surface area (Å²) in [6, 6.07) is 13.2. The molecule has 2 aliphatic rings. The SMILES string of the molecule is O=C(COc1ccc2c(c1)CCNC2)Nc1cccc(C(=O)NC2CC2)c1. The number of hydrogen-bond acceptors (Lipinski definition) is 4. The lowest BCUT2D eigenvalue weighted by atomic mass is 10.0. The number of fused-ring (bicyclic) bond motifs is 1. The molecule has 2 amide bonds. The Hall–Kier alpha value is -2.86. The first-order chi connectivity index (χ1) is 13.2. The highest BCUT2D eigenvalue weighted by atomic mass is 16.5. The minimum Gasteiger partial charge on any atom is -0.484 e. The van der Waals surface area contributed by atoms with E-state index in [1.807, 2.05) is 18.2 Å². The minimum absolute atomic E-state index is 0.0739. The number of benzene rings is 2. The van der Waals surface area contributed by atoms with Crippen LogP contribution in [0.25, 0.3) is 0 Å². The molecule has 0 atom stereocenters. The molecule has 6 heteroatoms. The number of rotatable bonds is 6. The molecule has 1 saturated carbocycles. The highest BCUT2D eigenvalue weighted by Crippen LogP contribution is 2.21. The zero-order chi connectivity index (χ0) is 18.6. The maximum absolute atomic E-state index is 12.2. The van der Waals surface area contributed by atoms with Gasteiger partial charge in [0.2, 0.25) is 0 Å². The van der Waals surface area contributed by atoms with Crippen LogP contribution in [0.4, 0.5) is 5.69 Å². The molecule has 27 heavy (non-hydrogen) atoms. The van der Waals surface area contributed by atoms with Gasteiger partial charge in [0.25, 0.3) is 11.8 Å². The third-order valence-electron chi connectivity index (χ3n) is 4.76. The largest absolute Gasteiger partial charge is 0.484 e. The third-order valence-corrected chi connectivity index (χ3v) is 4.76. The number of anilines is 1. The van der Waals surface area contributed by atoms with Crippen LogP contribution >= 0.6 is 0 Å². The topological polar surface area (TPSA) is 79.5 Å². The van der Waals surface area contributed by atoms with Gasteiger partial charge in [-0.2, -0.15) is 0 Å². The first kappa shape index (κ1) is 17.5. The van der Waals surface area contributed by atoms with E-state index >= 15 is 0 Å². The Morgan fingerprint density at radius 3 is 2.85 bits per heavy atom. The van der Waals surface area contributed by atoms with E-state index in [1.165, 1.54) is 11.1 Å². The fourth-order valence-corrected chi connectivity index (χ4v) is 3.12. The number of hydrogen-bond donors (Lipinski definition) is 3. The van der Waals surface area contributed by atoms with Crippen molar-refractivity contribution in [3.63, 3.8) is 0 Å². The van der Waals surface area contributed by atoms with Gasteiger partial charge in [0, 0.05) is 23.8 Å². The fraction of sp³-hybridized carbons (Fsp3) is 0.333. The number of ether oxygens (including phenoxy) is 1. The molecule has 0 spiro atoms. The van der Waals surface area contributed by atoms with E-state index < -0.39 is 0 Å². The third kappa shape index (κ3) is 4.65. The van der Waals surface area contributed by atoms with Crippen molar-refractivity contribution < 1.29 is 14.3 Å². The standard InChI is InChI=1S/C21H23N3O3/c25-20(13-27-19-7-4-16-12-22-9-8-14(16)11-19)23-18-3-1-2-15(10-18)21(26)24-17-5-6-17/h1-4,7,10-11,17,22H,5-6,8-9,12-13H2,(H,23,25)(H,24,26). The van der Waals surface area contributed by atoms with Crippen molar-refractivity contribution in [1.82, 2.24) is 10.6 Å². The lowest BCUT2D eigenvalue weighted by molar-refractivity contribution is -0.118. The van der Waals surface area contributed by atoms with Crippen LogP contribution in [0.1, 0.15) is 34.3 Å². The molecule has 1 aliphatic heterocycles. The molecule has 2 aromatic rings. The summed E-state index contributed by atoms with van der Waals surface area (Å²) in [6.07, 6.45) is 3.05. The molecule has 2 aromatic carbocycles. The van der Waals surface area contributed by atoms with Gasteiger partial charge in [-0.25, -0.2) is 0 Å². The summed E-state index contributed by atoms with van der Waals surface area (Å²) in [4.78, 5) is 24.3. The van der Waals surface area contributed by atoms with E-state index in [0.717, 1.165) is 32.4 Å². The fourth-order valence-electron chi connectivity index (χ4n) is 3.12. The van der Waals surface area contributed by atoms with Gasteiger partial charge >= 0.3 is 0 Å². The van der Waals surface area contributed by atoms with Crippen molar-refractivity contribution in [2.24, 2.45) is 0 Å². The predicted octanol–water partition coefficient (Wildman–Crippen LogP) is 2.24. The predicted molar refractivity (Wildman–Crippen MR) is 103 cm³/mol. The molecule has 3 N–H and O–H groups in total. The van der Waals surface area contributed by atoms with Gasteiger partial charge in [0.05, 0.1) is 0 Å². The van der Waals surface area contributed by atoms with Crippen LogP contribution in [0.5, 0.6) is 5.75 Å². The normalized spacial score (nSPS) is 15.6. The Bertz CT molecular complexity index is 862. The van der Waals surface area contributed by atoms with Crippen LogP contribution in [0.2, 0.25) is 0 Å². The maximum atomic E-state index is 12.2. The Balaban J connectivity index is 1.32. The zero-order valence-electron chi connectivity index (χ0n) is 15.1. The Morgan fingerprint density at radius 2 is 2.00 bits per heavy atom. The molecule has 1 aliphatic carbocycles. The molecular weight excluding hydrogens is 342 g/mol. The van der Waals surface area contributed by atoms with Crippen molar-refractivity contribution >= 4 is 17.5 Å². The van der Waals surface area contributed by atoms with Crippen LogP contribution in [-0.2, 0) is 17.8 Å². The minimum atomic E-state index is -0.255. The second kappa shape index (κ2) is 7.80. The van der Waals surface area contributed by atoms with E-state index in [1.54, 1.807) is 24.3 Å². The monoisotopic (exact) mass is 365 g/mol. The summed E-state index contributed by atoms with van der Waals surface area (Å²) in [5, 5.41) is 9.06. The molecule has 0 radical (unpaired) electrons. The molecule has 1 fully saturated rings. The molecular formula is C21H23N3O3. The molecule has 6 nitrogen and oxygen atoms in total. The summed E-state index contributed by atoms with van der Waals surface area (Å²) in [5.74, 6) is 0.339. The maximum Gasteiger partial charge on any atom is 0.262 e. The Labute approximate surface area is 158 Å². The number of carbonyl (C=O) groups excluding carboxylic acids is 2. The highest BCUT2D eigenvalue weighted by molar-refractivity contribution is 5.97. The molecule has 0 aromatic heterocycles.